The molecule has 0 atom stereocenters. The molecule has 0 N–H and O–H groups in total. The van der Waals surface area contributed by atoms with E-state index in [0.717, 1.165) is 45.4 Å². The van der Waals surface area contributed by atoms with Gasteiger partial charge < -0.3 is 14.5 Å². The monoisotopic (exact) mass is 317 g/mol. The first kappa shape index (κ1) is 16.1. The number of amides is 1. The fourth-order valence-electron chi connectivity index (χ4n) is 3.62. The lowest BCUT2D eigenvalue weighted by atomic mass is 9.77. The van der Waals surface area contributed by atoms with Gasteiger partial charge in [0.05, 0.1) is 0 Å². The lowest BCUT2D eigenvalue weighted by molar-refractivity contribution is 0.0266. The minimum Gasteiger partial charge on any atom is -0.444 e. The number of hydrogen-bond acceptors (Lipinski definition) is 4. The molecule has 0 aromatic carbocycles. The molecule has 3 heterocycles. The predicted octanol–water partition coefficient (Wildman–Crippen LogP) is 3.31. The first-order valence-electron chi connectivity index (χ1n) is 8.50. The summed E-state index contributed by atoms with van der Waals surface area (Å²) in [6, 6.07) is 4.14. The molecule has 126 valence electrons. The van der Waals surface area contributed by atoms with Crippen molar-refractivity contribution in [1.82, 2.24) is 9.88 Å². The molecule has 1 aromatic heterocycles. The highest BCUT2D eigenvalue weighted by Gasteiger charge is 2.43. The Morgan fingerprint density at radius 3 is 2.35 bits per heavy atom. The summed E-state index contributed by atoms with van der Waals surface area (Å²) in [4.78, 5) is 20.7. The maximum Gasteiger partial charge on any atom is 0.410 e. The van der Waals surface area contributed by atoms with E-state index >= 15 is 0 Å². The Bertz CT molecular complexity index is 545. The highest BCUT2D eigenvalue weighted by molar-refractivity contribution is 5.68. The SMILES string of the molecule is CC(C)(C)OC(=O)N1CCC2(CCN(c3ccncc3)CC2)C1. The minimum absolute atomic E-state index is 0.161. The third kappa shape index (κ3) is 3.77. The zero-order valence-electron chi connectivity index (χ0n) is 14.4. The van der Waals surface area contributed by atoms with Gasteiger partial charge in [-0.25, -0.2) is 4.79 Å². The van der Waals surface area contributed by atoms with Crippen molar-refractivity contribution in [3.05, 3.63) is 24.5 Å². The van der Waals surface area contributed by atoms with Crippen LogP contribution in [0.3, 0.4) is 0 Å². The zero-order chi connectivity index (χ0) is 16.5. The van der Waals surface area contributed by atoms with Crippen LogP contribution in [0.4, 0.5) is 10.5 Å². The summed E-state index contributed by atoms with van der Waals surface area (Å²) >= 11 is 0. The summed E-state index contributed by atoms with van der Waals surface area (Å²) < 4.78 is 5.52. The van der Waals surface area contributed by atoms with E-state index in [-0.39, 0.29) is 11.5 Å². The van der Waals surface area contributed by atoms with Crippen molar-refractivity contribution in [2.45, 2.75) is 45.6 Å². The molecule has 1 amide bonds. The molecule has 1 spiro atoms. The minimum atomic E-state index is -0.419. The smallest absolute Gasteiger partial charge is 0.410 e. The van der Waals surface area contributed by atoms with Crippen molar-refractivity contribution in [1.29, 1.82) is 0 Å². The summed E-state index contributed by atoms with van der Waals surface area (Å²) in [5.41, 5.74) is 1.11. The van der Waals surface area contributed by atoms with Gasteiger partial charge in [0.15, 0.2) is 0 Å². The fraction of sp³-hybridized carbons (Fsp3) is 0.667. The molecule has 2 saturated heterocycles. The van der Waals surface area contributed by atoms with Crippen LogP contribution in [0, 0.1) is 5.41 Å². The van der Waals surface area contributed by atoms with E-state index in [1.165, 1.54) is 5.69 Å². The third-order valence-corrected chi connectivity index (χ3v) is 4.94. The van der Waals surface area contributed by atoms with E-state index in [4.69, 9.17) is 4.74 Å². The van der Waals surface area contributed by atoms with E-state index in [1.54, 1.807) is 0 Å². The molecule has 0 saturated carbocycles. The molecule has 5 heteroatoms. The zero-order valence-corrected chi connectivity index (χ0v) is 14.4. The van der Waals surface area contributed by atoms with Gasteiger partial charge in [-0.2, -0.15) is 0 Å². The van der Waals surface area contributed by atoms with Crippen LogP contribution in [0.5, 0.6) is 0 Å². The van der Waals surface area contributed by atoms with Gasteiger partial charge in [0.1, 0.15) is 5.60 Å². The number of carbonyl (C=O) groups excluding carboxylic acids is 1. The topological polar surface area (TPSA) is 45.7 Å². The van der Waals surface area contributed by atoms with Crippen molar-refractivity contribution < 1.29 is 9.53 Å². The number of aromatic nitrogens is 1. The lowest BCUT2D eigenvalue weighted by Crippen LogP contribution is -2.43. The van der Waals surface area contributed by atoms with E-state index < -0.39 is 5.60 Å². The standard InChI is InChI=1S/C18H27N3O2/c1-17(2,3)23-16(22)21-13-8-18(14-21)6-11-20(12-7-18)15-4-9-19-10-5-15/h4-5,9-10H,6-8,11-14H2,1-3H3. The van der Waals surface area contributed by atoms with Crippen LogP contribution < -0.4 is 4.90 Å². The van der Waals surface area contributed by atoms with E-state index in [0.29, 0.717) is 0 Å². The van der Waals surface area contributed by atoms with Gasteiger partial charge in [0, 0.05) is 44.3 Å². The quantitative estimate of drug-likeness (QED) is 0.797. The summed E-state index contributed by atoms with van der Waals surface area (Å²) in [6.45, 7) is 9.52. The fourth-order valence-corrected chi connectivity index (χ4v) is 3.62. The second kappa shape index (κ2) is 6.02. The van der Waals surface area contributed by atoms with Crippen LogP contribution in [0.1, 0.15) is 40.0 Å². The molecular weight excluding hydrogens is 290 g/mol. The third-order valence-electron chi connectivity index (χ3n) is 4.94. The van der Waals surface area contributed by atoms with Crippen LogP contribution in [0.25, 0.3) is 0 Å². The number of nitrogens with zero attached hydrogens (tertiary/aromatic N) is 3. The van der Waals surface area contributed by atoms with Crippen LogP contribution >= 0.6 is 0 Å². The second-order valence-corrected chi connectivity index (χ2v) is 7.84. The second-order valence-electron chi connectivity index (χ2n) is 7.84. The van der Waals surface area contributed by atoms with Crippen LogP contribution in [-0.2, 0) is 4.74 Å². The summed E-state index contributed by atoms with van der Waals surface area (Å²) in [5, 5.41) is 0. The summed E-state index contributed by atoms with van der Waals surface area (Å²) in [6.07, 6.45) is 6.89. The van der Waals surface area contributed by atoms with Gasteiger partial charge in [-0.15, -0.1) is 0 Å². The number of likely N-dealkylation sites (tertiary alicyclic amines) is 1. The molecule has 23 heavy (non-hydrogen) atoms. The molecule has 0 radical (unpaired) electrons. The molecule has 2 aliphatic heterocycles. The molecule has 0 unspecified atom stereocenters. The first-order chi connectivity index (χ1) is 10.9. The molecule has 5 nitrogen and oxygen atoms in total. The Morgan fingerprint density at radius 2 is 1.74 bits per heavy atom. The average molecular weight is 317 g/mol. The summed E-state index contributed by atoms with van der Waals surface area (Å²) in [5.74, 6) is 0. The number of anilines is 1. The molecule has 1 aromatic rings. The largest absolute Gasteiger partial charge is 0.444 e. The number of carbonyl (C=O) groups is 1. The Kier molecular flexibility index (Phi) is 4.21. The van der Waals surface area contributed by atoms with Gasteiger partial charge in [0.25, 0.3) is 0 Å². The van der Waals surface area contributed by atoms with Gasteiger partial charge >= 0.3 is 6.09 Å². The van der Waals surface area contributed by atoms with Gasteiger partial charge in [-0.05, 0) is 57.6 Å². The van der Waals surface area contributed by atoms with Crippen molar-refractivity contribution in [3.63, 3.8) is 0 Å². The molecular formula is C18H27N3O2. The van der Waals surface area contributed by atoms with Gasteiger partial charge in [-0.1, -0.05) is 0 Å². The number of pyridine rings is 1. The van der Waals surface area contributed by atoms with Crippen LogP contribution in [0.15, 0.2) is 24.5 Å². The normalized spacial score (nSPS) is 20.8. The molecule has 2 aliphatic rings. The van der Waals surface area contributed by atoms with Crippen LogP contribution in [0.2, 0.25) is 0 Å². The van der Waals surface area contributed by atoms with Gasteiger partial charge in [0.2, 0.25) is 0 Å². The number of hydrogen-bond donors (Lipinski definition) is 0. The van der Waals surface area contributed by atoms with E-state index in [9.17, 15) is 4.79 Å². The number of ether oxygens (including phenoxy) is 1. The van der Waals surface area contributed by atoms with E-state index in [2.05, 4.69) is 22.0 Å². The Morgan fingerprint density at radius 1 is 1.13 bits per heavy atom. The maximum absolute atomic E-state index is 12.3. The van der Waals surface area contributed by atoms with Crippen molar-refractivity contribution in [2.24, 2.45) is 5.41 Å². The van der Waals surface area contributed by atoms with Crippen molar-refractivity contribution >= 4 is 11.8 Å². The Balaban J connectivity index is 1.56. The van der Waals surface area contributed by atoms with Crippen molar-refractivity contribution in [3.8, 4) is 0 Å². The molecule has 0 aliphatic carbocycles. The lowest BCUT2D eigenvalue weighted by Gasteiger charge is -2.40. The van der Waals surface area contributed by atoms with E-state index in [1.807, 2.05) is 38.1 Å². The molecule has 0 bridgehead atoms. The first-order valence-corrected chi connectivity index (χ1v) is 8.50. The highest BCUT2D eigenvalue weighted by Crippen LogP contribution is 2.41. The predicted molar refractivity (Wildman–Crippen MR) is 90.5 cm³/mol. The summed E-state index contributed by atoms with van der Waals surface area (Å²) in [7, 11) is 0. The van der Waals surface area contributed by atoms with Gasteiger partial charge in [-0.3, -0.25) is 4.98 Å². The highest BCUT2D eigenvalue weighted by atomic mass is 16.6. The Hall–Kier alpha value is -1.78. The van der Waals surface area contributed by atoms with Crippen LogP contribution in [-0.4, -0.2) is 47.8 Å². The van der Waals surface area contributed by atoms with Crippen molar-refractivity contribution in [2.75, 3.05) is 31.1 Å². The average Bonchev–Trinajstić information content (AvgIpc) is 2.91. The maximum atomic E-state index is 12.3. The number of rotatable bonds is 1. The number of piperidine rings is 1. The molecule has 2 fully saturated rings. The molecule has 3 rings (SSSR count). The Labute approximate surface area is 138 Å².